The molecule has 0 spiro atoms. The number of benzene rings is 1. The molecule has 0 radical (unpaired) electrons. The highest BCUT2D eigenvalue weighted by Crippen LogP contribution is 2.26. The zero-order chi connectivity index (χ0) is 9.68. The molecule has 0 amide bonds. The third-order valence-electron chi connectivity index (χ3n) is 2.01. The highest BCUT2D eigenvalue weighted by Gasteiger charge is 2.08. The van der Waals surface area contributed by atoms with Gasteiger partial charge in [-0.05, 0) is 19.9 Å². The van der Waals surface area contributed by atoms with Crippen molar-refractivity contribution in [1.29, 1.82) is 0 Å². The van der Waals surface area contributed by atoms with Crippen LogP contribution in [0.3, 0.4) is 0 Å². The standard InChI is InChI=1S/C10H16O2Si/c1-3-11-10-7-5-4-6-9(10)8(2)12-13/h4-8H,3H2,1-2,13H3. The van der Waals surface area contributed by atoms with Gasteiger partial charge in [0.2, 0.25) is 0 Å². The summed E-state index contributed by atoms with van der Waals surface area (Å²) in [4.78, 5) is 0. The largest absolute Gasteiger partial charge is 0.493 e. The van der Waals surface area contributed by atoms with Gasteiger partial charge in [-0.1, -0.05) is 18.2 Å². The fourth-order valence-electron chi connectivity index (χ4n) is 1.23. The Morgan fingerprint density at radius 2 is 2.08 bits per heavy atom. The van der Waals surface area contributed by atoms with Crippen molar-refractivity contribution < 1.29 is 9.16 Å². The lowest BCUT2D eigenvalue weighted by Gasteiger charge is -2.15. The molecule has 0 saturated carbocycles. The van der Waals surface area contributed by atoms with E-state index < -0.39 is 0 Å². The lowest BCUT2D eigenvalue weighted by atomic mass is 10.1. The van der Waals surface area contributed by atoms with Crippen molar-refractivity contribution in [3.63, 3.8) is 0 Å². The molecule has 1 aromatic rings. The Hall–Kier alpha value is -0.803. The molecule has 2 nitrogen and oxygen atoms in total. The minimum absolute atomic E-state index is 0.148. The Bertz CT molecular complexity index is 263. The predicted octanol–water partition coefficient (Wildman–Crippen LogP) is 1.44. The topological polar surface area (TPSA) is 18.5 Å². The predicted molar refractivity (Wildman–Crippen MR) is 57.1 cm³/mol. The van der Waals surface area contributed by atoms with Gasteiger partial charge in [-0.15, -0.1) is 0 Å². The fourth-order valence-corrected chi connectivity index (χ4v) is 1.48. The molecule has 0 aliphatic carbocycles. The summed E-state index contributed by atoms with van der Waals surface area (Å²) in [7, 11) is 0.754. The van der Waals surface area contributed by atoms with E-state index in [2.05, 4.69) is 0 Å². The molecule has 3 heteroatoms. The minimum atomic E-state index is 0.148. The maximum Gasteiger partial charge on any atom is 0.146 e. The van der Waals surface area contributed by atoms with E-state index in [-0.39, 0.29) is 6.10 Å². The molecule has 0 bridgehead atoms. The van der Waals surface area contributed by atoms with Crippen molar-refractivity contribution in [2.24, 2.45) is 0 Å². The van der Waals surface area contributed by atoms with Gasteiger partial charge in [0.15, 0.2) is 0 Å². The van der Waals surface area contributed by atoms with Gasteiger partial charge in [-0.2, -0.15) is 0 Å². The van der Waals surface area contributed by atoms with Crippen molar-refractivity contribution in [1.82, 2.24) is 0 Å². The van der Waals surface area contributed by atoms with Gasteiger partial charge >= 0.3 is 0 Å². The molecule has 0 saturated heterocycles. The molecule has 0 heterocycles. The van der Waals surface area contributed by atoms with Crippen molar-refractivity contribution in [3.8, 4) is 5.75 Å². The van der Waals surface area contributed by atoms with Crippen molar-refractivity contribution >= 4 is 10.5 Å². The van der Waals surface area contributed by atoms with Gasteiger partial charge < -0.3 is 9.16 Å². The summed E-state index contributed by atoms with van der Waals surface area (Å²) >= 11 is 0. The summed E-state index contributed by atoms with van der Waals surface area (Å²) in [5.74, 6) is 0.938. The van der Waals surface area contributed by atoms with Crippen molar-refractivity contribution in [2.75, 3.05) is 6.61 Å². The highest BCUT2D eigenvalue weighted by atomic mass is 28.2. The van der Waals surface area contributed by atoms with Crippen LogP contribution in [0.25, 0.3) is 0 Å². The van der Waals surface area contributed by atoms with E-state index in [1.807, 2.05) is 38.1 Å². The van der Waals surface area contributed by atoms with Crippen LogP contribution in [0.2, 0.25) is 0 Å². The molecule has 1 unspecified atom stereocenters. The first-order valence-electron chi connectivity index (χ1n) is 4.54. The number of ether oxygens (including phenoxy) is 1. The van der Waals surface area contributed by atoms with Gasteiger partial charge in [-0.25, -0.2) is 0 Å². The normalized spacial score (nSPS) is 12.8. The van der Waals surface area contributed by atoms with Crippen LogP contribution in [0.5, 0.6) is 5.75 Å². The Morgan fingerprint density at radius 1 is 1.38 bits per heavy atom. The zero-order valence-electron chi connectivity index (χ0n) is 8.41. The number of hydrogen-bond acceptors (Lipinski definition) is 2. The Morgan fingerprint density at radius 3 is 2.69 bits per heavy atom. The Kier molecular flexibility index (Phi) is 3.99. The van der Waals surface area contributed by atoms with Crippen LogP contribution in [0.4, 0.5) is 0 Å². The second kappa shape index (κ2) is 5.04. The number of rotatable bonds is 4. The number of para-hydroxylation sites is 1. The van der Waals surface area contributed by atoms with Crippen LogP contribution in [0.15, 0.2) is 24.3 Å². The molecule has 72 valence electrons. The number of hydrogen-bond donors (Lipinski definition) is 0. The summed E-state index contributed by atoms with van der Waals surface area (Å²) in [5.41, 5.74) is 1.14. The first-order chi connectivity index (χ1) is 6.29. The second-order valence-corrected chi connectivity index (χ2v) is 3.32. The highest BCUT2D eigenvalue weighted by molar-refractivity contribution is 5.98. The SMILES string of the molecule is CCOc1ccccc1C(C)O[SiH3]. The van der Waals surface area contributed by atoms with Crippen LogP contribution in [-0.2, 0) is 4.43 Å². The Labute approximate surface area is 82.4 Å². The van der Waals surface area contributed by atoms with Crippen LogP contribution in [0, 0.1) is 0 Å². The zero-order valence-corrected chi connectivity index (χ0v) is 10.4. The first kappa shape index (κ1) is 10.3. The Balaban J connectivity index is 2.90. The average molecular weight is 196 g/mol. The molecule has 1 aromatic carbocycles. The average Bonchev–Trinajstić information content (AvgIpc) is 2.18. The lowest BCUT2D eigenvalue weighted by Crippen LogP contribution is -2.01. The summed E-state index contributed by atoms with van der Waals surface area (Å²) in [6.45, 7) is 4.73. The van der Waals surface area contributed by atoms with E-state index >= 15 is 0 Å². The molecule has 1 atom stereocenters. The van der Waals surface area contributed by atoms with Gasteiger partial charge in [0.1, 0.15) is 16.2 Å². The van der Waals surface area contributed by atoms with E-state index in [4.69, 9.17) is 9.16 Å². The molecule has 0 fully saturated rings. The van der Waals surface area contributed by atoms with Crippen LogP contribution in [0.1, 0.15) is 25.5 Å². The van der Waals surface area contributed by atoms with Crippen LogP contribution in [-0.4, -0.2) is 17.1 Å². The molecule has 0 aliphatic heterocycles. The van der Waals surface area contributed by atoms with Crippen molar-refractivity contribution in [3.05, 3.63) is 29.8 Å². The van der Waals surface area contributed by atoms with E-state index in [9.17, 15) is 0 Å². The molecule has 0 aromatic heterocycles. The maximum atomic E-state index is 5.50. The van der Waals surface area contributed by atoms with Gasteiger partial charge in [0, 0.05) is 5.56 Å². The molecule has 1 rings (SSSR count). The van der Waals surface area contributed by atoms with Gasteiger partial charge in [-0.3, -0.25) is 0 Å². The summed E-state index contributed by atoms with van der Waals surface area (Å²) in [5, 5.41) is 0. The maximum absolute atomic E-state index is 5.50. The molecule has 0 aliphatic rings. The summed E-state index contributed by atoms with van der Waals surface area (Å²) < 4.78 is 10.9. The van der Waals surface area contributed by atoms with E-state index in [0.29, 0.717) is 6.61 Å². The summed E-state index contributed by atoms with van der Waals surface area (Å²) in [6, 6.07) is 8.02. The fraction of sp³-hybridized carbons (Fsp3) is 0.400. The lowest BCUT2D eigenvalue weighted by molar-refractivity contribution is 0.238. The van der Waals surface area contributed by atoms with E-state index in [1.54, 1.807) is 0 Å². The minimum Gasteiger partial charge on any atom is -0.493 e. The van der Waals surface area contributed by atoms with Crippen molar-refractivity contribution in [2.45, 2.75) is 20.0 Å². The third kappa shape index (κ3) is 2.57. The monoisotopic (exact) mass is 196 g/mol. The van der Waals surface area contributed by atoms with Gasteiger partial charge in [0.25, 0.3) is 0 Å². The smallest absolute Gasteiger partial charge is 0.146 e. The third-order valence-corrected chi connectivity index (χ3v) is 2.72. The molecule has 13 heavy (non-hydrogen) atoms. The molecular formula is C10H16O2Si. The van der Waals surface area contributed by atoms with E-state index in [1.165, 1.54) is 0 Å². The second-order valence-electron chi connectivity index (χ2n) is 2.85. The molecule has 0 N–H and O–H groups in total. The van der Waals surface area contributed by atoms with E-state index in [0.717, 1.165) is 21.8 Å². The van der Waals surface area contributed by atoms with Gasteiger partial charge in [0.05, 0.1) is 12.7 Å². The quantitative estimate of drug-likeness (QED) is 0.679. The van der Waals surface area contributed by atoms with Crippen LogP contribution < -0.4 is 4.74 Å². The van der Waals surface area contributed by atoms with Crippen LogP contribution >= 0.6 is 0 Å². The first-order valence-corrected chi connectivity index (χ1v) is 5.35. The molecular weight excluding hydrogens is 180 g/mol. The summed E-state index contributed by atoms with van der Waals surface area (Å²) in [6.07, 6.45) is 0.148.